The lowest BCUT2D eigenvalue weighted by atomic mass is 9.99. The first-order valence-electron chi connectivity index (χ1n) is 7.57. The Hall–Kier alpha value is -0.920. The summed E-state index contributed by atoms with van der Waals surface area (Å²) < 4.78 is 33.6. The Morgan fingerprint density at radius 1 is 1.38 bits per heavy atom. The second-order valence-electron chi connectivity index (χ2n) is 6.05. The van der Waals surface area contributed by atoms with E-state index in [1.807, 2.05) is 11.7 Å². The molecule has 1 aromatic rings. The highest BCUT2D eigenvalue weighted by atomic mass is 32.2. The highest BCUT2D eigenvalue weighted by Gasteiger charge is 2.34. The Morgan fingerprint density at radius 3 is 2.81 bits per heavy atom. The summed E-state index contributed by atoms with van der Waals surface area (Å²) in [6.07, 6.45) is 4.30. The number of hydrogen-bond donors (Lipinski definition) is 0. The number of aromatic nitrogens is 2. The van der Waals surface area contributed by atoms with Crippen LogP contribution >= 0.6 is 0 Å². The quantitative estimate of drug-likeness (QED) is 0.789. The lowest BCUT2D eigenvalue weighted by Gasteiger charge is -2.32. The minimum absolute atomic E-state index is 0.0707. The molecule has 1 aliphatic heterocycles. The Labute approximate surface area is 126 Å². The zero-order chi connectivity index (χ0) is 15.0. The average Bonchev–Trinajstić information content (AvgIpc) is 3.21. The van der Waals surface area contributed by atoms with Crippen LogP contribution in [-0.2, 0) is 28.4 Å². The van der Waals surface area contributed by atoms with E-state index in [0.29, 0.717) is 19.7 Å². The lowest BCUT2D eigenvalue weighted by Crippen LogP contribution is -2.40. The molecule has 1 fully saturated rings. The number of hydrogen-bond acceptors (Lipinski definition) is 4. The molecule has 0 radical (unpaired) electrons. The van der Waals surface area contributed by atoms with Gasteiger partial charge in [-0.1, -0.05) is 0 Å². The van der Waals surface area contributed by atoms with Gasteiger partial charge in [0.2, 0.25) is 10.0 Å². The molecule has 3 rings (SSSR count). The standard InChI is InChI=1S/C14H23N3O3S/c1-3-21(18,19)17-7-12-6-15-16(2)14(12)13(8-17)10-20-9-11-4-5-11/h6,11,13H,3-5,7-10H2,1-2H3/t13-/m1/s1. The molecule has 0 spiro atoms. The van der Waals surface area contributed by atoms with Gasteiger partial charge in [0.25, 0.3) is 0 Å². The van der Waals surface area contributed by atoms with E-state index in [-0.39, 0.29) is 11.7 Å². The fourth-order valence-electron chi connectivity index (χ4n) is 2.92. The second kappa shape index (κ2) is 5.70. The number of aryl methyl sites for hydroxylation is 1. The summed E-state index contributed by atoms with van der Waals surface area (Å²) in [4.78, 5) is 0. The van der Waals surface area contributed by atoms with Gasteiger partial charge in [0.15, 0.2) is 0 Å². The van der Waals surface area contributed by atoms with Crippen molar-refractivity contribution in [1.29, 1.82) is 0 Å². The second-order valence-corrected chi connectivity index (χ2v) is 8.31. The summed E-state index contributed by atoms with van der Waals surface area (Å²) in [5.41, 5.74) is 2.12. The maximum Gasteiger partial charge on any atom is 0.214 e. The molecule has 0 N–H and O–H groups in total. The first-order chi connectivity index (χ1) is 10.0. The summed E-state index contributed by atoms with van der Waals surface area (Å²) in [7, 11) is -1.26. The van der Waals surface area contributed by atoms with Gasteiger partial charge in [0.05, 0.1) is 18.6 Å². The van der Waals surface area contributed by atoms with Crippen molar-refractivity contribution in [3.8, 4) is 0 Å². The SMILES string of the molecule is CCS(=O)(=O)N1Cc2cnn(C)c2[C@@H](COCC2CC2)C1. The zero-order valence-corrected chi connectivity index (χ0v) is 13.5. The van der Waals surface area contributed by atoms with Gasteiger partial charge >= 0.3 is 0 Å². The van der Waals surface area contributed by atoms with Crippen LogP contribution in [0.4, 0.5) is 0 Å². The molecular formula is C14H23N3O3S. The summed E-state index contributed by atoms with van der Waals surface area (Å²) >= 11 is 0. The smallest absolute Gasteiger partial charge is 0.214 e. The number of fused-ring (bicyclic) bond motifs is 1. The molecule has 21 heavy (non-hydrogen) atoms. The fraction of sp³-hybridized carbons (Fsp3) is 0.786. The van der Waals surface area contributed by atoms with Crippen molar-refractivity contribution in [2.75, 3.05) is 25.5 Å². The number of ether oxygens (including phenoxy) is 1. The van der Waals surface area contributed by atoms with Crippen molar-refractivity contribution in [3.63, 3.8) is 0 Å². The highest BCUT2D eigenvalue weighted by Crippen LogP contribution is 2.32. The first kappa shape index (κ1) is 15.0. The van der Waals surface area contributed by atoms with Gasteiger partial charge in [0, 0.05) is 43.9 Å². The molecule has 1 aromatic heterocycles. The van der Waals surface area contributed by atoms with Crippen LogP contribution in [0.3, 0.4) is 0 Å². The van der Waals surface area contributed by atoms with E-state index < -0.39 is 10.0 Å². The summed E-state index contributed by atoms with van der Waals surface area (Å²) in [6.45, 7) is 3.97. The van der Waals surface area contributed by atoms with Crippen LogP contribution in [-0.4, -0.2) is 48.0 Å². The van der Waals surface area contributed by atoms with Crippen molar-refractivity contribution in [3.05, 3.63) is 17.5 Å². The van der Waals surface area contributed by atoms with Gasteiger partial charge in [-0.15, -0.1) is 0 Å². The third-order valence-corrected chi connectivity index (χ3v) is 6.14. The van der Waals surface area contributed by atoms with E-state index in [2.05, 4.69) is 5.10 Å². The van der Waals surface area contributed by atoms with Gasteiger partial charge in [-0.3, -0.25) is 4.68 Å². The Balaban J connectivity index is 1.77. The van der Waals surface area contributed by atoms with E-state index in [0.717, 1.165) is 23.8 Å². The molecule has 7 heteroatoms. The van der Waals surface area contributed by atoms with Gasteiger partial charge in [0.1, 0.15) is 0 Å². The van der Waals surface area contributed by atoms with Crippen LogP contribution in [0.15, 0.2) is 6.20 Å². The largest absolute Gasteiger partial charge is 0.380 e. The Kier molecular flexibility index (Phi) is 4.07. The predicted molar refractivity (Wildman–Crippen MR) is 79.4 cm³/mol. The van der Waals surface area contributed by atoms with Crippen LogP contribution in [0.5, 0.6) is 0 Å². The van der Waals surface area contributed by atoms with Crippen molar-refractivity contribution in [2.24, 2.45) is 13.0 Å². The van der Waals surface area contributed by atoms with Crippen LogP contribution in [0.25, 0.3) is 0 Å². The number of rotatable bonds is 6. The molecule has 0 bridgehead atoms. The number of nitrogens with zero attached hydrogens (tertiary/aromatic N) is 3. The van der Waals surface area contributed by atoms with Gasteiger partial charge in [-0.2, -0.15) is 9.40 Å². The predicted octanol–water partition coefficient (Wildman–Crippen LogP) is 1.10. The maximum atomic E-state index is 12.2. The third kappa shape index (κ3) is 3.14. The summed E-state index contributed by atoms with van der Waals surface area (Å²) in [5, 5.41) is 4.29. The van der Waals surface area contributed by atoms with Crippen LogP contribution < -0.4 is 0 Å². The van der Waals surface area contributed by atoms with Gasteiger partial charge < -0.3 is 4.74 Å². The minimum Gasteiger partial charge on any atom is -0.380 e. The average molecular weight is 313 g/mol. The van der Waals surface area contributed by atoms with Crippen molar-refractivity contribution in [1.82, 2.24) is 14.1 Å². The normalized spacial score (nSPS) is 23.2. The Morgan fingerprint density at radius 2 is 2.14 bits per heavy atom. The van der Waals surface area contributed by atoms with E-state index >= 15 is 0 Å². The summed E-state index contributed by atoms with van der Waals surface area (Å²) in [6, 6.07) is 0. The zero-order valence-electron chi connectivity index (χ0n) is 12.7. The van der Waals surface area contributed by atoms with E-state index in [4.69, 9.17) is 4.74 Å². The molecule has 1 atom stereocenters. The summed E-state index contributed by atoms with van der Waals surface area (Å²) in [5.74, 6) is 0.925. The Bertz CT molecular complexity index is 607. The molecule has 1 saturated carbocycles. The monoisotopic (exact) mass is 313 g/mol. The maximum absolute atomic E-state index is 12.2. The molecule has 2 aliphatic rings. The van der Waals surface area contributed by atoms with Crippen LogP contribution in [0, 0.1) is 5.92 Å². The van der Waals surface area contributed by atoms with Crippen LogP contribution in [0.1, 0.15) is 36.9 Å². The molecule has 0 aromatic carbocycles. The number of sulfonamides is 1. The minimum atomic E-state index is -3.18. The molecule has 118 valence electrons. The molecule has 0 saturated heterocycles. The first-order valence-corrected chi connectivity index (χ1v) is 9.18. The van der Waals surface area contributed by atoms with Crippen LogP contribution in [0.2, 0.25) is 0 Å². The van der Waals surface area contributed by atoms with E-state index in [9.17, 15) is 8.42 Å². The lowest BCUT2D eigenvalue weighted by molar-refractivity contribution is 0.0998. The van der Waals surface area contributed by atoms with Crippen molar-refractivity contribution >= 4 is 10.0 Å². The highest BCUT2D eigenvalue weighted by molar-refractivity contribution is 7.89. The molecule has 2 heterocycles. The van der Waals surface area contributed by atoms with Crippen molar-refractivity contribution < 1.29 is 13.2 Å². The van der Waals surface area contributed by atoms with E-state index in [1.165, 1.54) is 12.8 Å². The molecule has 0 amide bonds. The third-order valence-electron chi connectivity index (χ3n) is 4.35. The molecule has 1 aliphatic carbocycles. The molecule has 6 nitrogen and oxygen atoms in total. The fourth-order valence-corrected chi connectivity index (χ4v) is 4.02. The topological polar surface area (TPSA) is 64.4 Å². The van der Waals surface area contributed by atoms with Gasteiger partial charge in [-0.25, -0.2) is 8.42 Å². The van der Waals surface area contributed by atoms with Gasteiger partial charge in [-0.05, 0) is 25.7 Å². The van der Waals surface area contributed by atoms with Crippen molar-refractivity contribution in [2.45, 2.75) is 32.2 Å². The molecule has 0 unspecified atom stereocenters. The van der Waals surface area contributed by atoms with E-state index in [1.54, 1.807) is 17.4 Å². The molecular weight excluding hydrogens is 290 g/mol.